The minimum atomic E-state index is -0.249. The van der Waals surface area contributed by atoms with E-state index in [0.717, 1.165) is 23.3 Å². The number of hydrogen-bond acceptors (Lipinski definition) is 2. The summed E-state index contributed by atoms with van der Waals surface area (Å²) in [7, 11) is 0. The SMILES string of the molecule is CC1=CC=CC(C)(C2C(=O)Oc3c2cc(C(C)(C)C)cc3C(C)(C)C)C1. The third kappa shape index (κ3) is 3.15. The van der Waals surface area contributed by atoms with Crippen LogP contribution in [0.3, 0.4) is 0 Å². The van der Waals surface area contributed by atoms with E-state index >= 15 is 0 Å². The first-order valence-electron chi connectivity index (χ1n) is 9.58. The van der Waals surface area contributed by atoms with Gasteiger partial charge in [0.1, 0.15) is 5.75 Å². The lowest BCUT2D eigenvalue weighted by Crippen LogP contribution is -2.30. The molecule has 0 spiro atoms. The number of hydrogen-bond donors (Lipinski definition) is 0. The van der Waals surface area contributed by atoms with Crippen molar-refractivity contribution in [2.24, 2.45) is 5.41 Å². The Morgan fingerprint density at radius 1 is 1.08 bits per heavy atom. The Hall–Kier alpha value is -1.83. The van der Waals surface area contributed by atoms with Gasteiger partial charge in [0.2, 0.25) is 0 Å². The lowest BCUT2D eigenvalue weighted by molar-refractivity contribution is -0.136. The second-order valence-electron chi connectivity index (χ2n) is 10.4. The van der Waals surface area contributed by atoms with Gasteiger partial charge in [-0.25, -0.2) is 0 Å². The maximum atomic E-state index is 13.0. The van der Waals surface area contributed by atoms with E-state index in [1.165, 1.54) is 11.1 Å². The largest absolute Gasteiger partial charge is 0.425 e. The number of carbonyl (C=O) groups excluding carboxylic acids is 1. The number of allylic oxidation sites excluding steroid dienone is 4. The second kappa shape index (κ2) is 5.84. The smallest absolute Gasteiger partial charge is 0.319 e. The molecule has 2 nitrogen and oxygen atoms in total. The molecule has 1 aliphatic carbocycles. The van der Waals surface area contributed by atoms with Crippen LogP contribution in [0.1, 0.15) is 84.4 Å². The number of fused-ring (bicyclic) bond motifs is 1. The Morgan fingerprint density at radius 3 is 2.27 bits per heavy atom. The van der Waals surface area contributed by atoms with Crippen LogP contribution in [-0.2, 0) is 15.6 Å². The van der Waals surface area contributed by atoms with Crippen LogP contribution in [0.2, 0.25) is 0 Å². The maximum absolute atomic E-state index is 13.0. The van der Waals surface area contributed by atoms with Crippen molar-refractivity contribution in [1.29, 1.82) is 0 Å². The van der Waals surface area contributed by atoms with E-state index in [4.69, 9.17) is 4.74 Å². The molecule has 2 atom stereocenters. The average molecular weight is 353 g/mol. The highest BCUT2D eigenvalue weighted by Crippen LogP contribution is 2.53. The molecule has 3 rings (SSSR count). The first kappa shape index (κ1) is 18.9. The fourth-order valence-corrected chi connectivity index (χ4v) is 4.23. The molecule has 0 radical (unpaired) electrons. The van der Waals surface area contributed by atoms with Crippen LogP contribution in [0.15, 0.2) is 35.9 Å². The van der Waals surface area contributed by atoms with Crippen LogP contribution < -0.4 is 4.74 Å². The van der Waals surface area contributed by atoms with E-state index in [0.29, 0.717) is 0 Å². The quantitative estimate of drug-likeness (QED) is 0.444. The number of carbonyl (C=O) groups is 1. The van der Waals surface area contributed by atoms with Gasteiger partial charge in [-0.1, -0.05) is 84.4 Å². The number of ether oxygens (including phenoxy) is 1. The van der Waals surface area contributed by atoms with Gasteiger partial charge >= 0.3 is 5.97 Å². The minimum absolute atomic E-state index is 0.0182. The maximum Gasteiger partial charge on any atom is 0.319 e. The molecule has 0 saturated carbocycles. The Balaban J connectivity index is 2.23. The number of rotatable bonds is 1. The summed E-state index contributed by atoms with van der Waals surface area (Å²) in [5.41, 5.74) is 4.46. The van der Waals surface area contributed by atoms with E-state index in [2.05, 4.69) is 85.8 Å². The van der Waals surface area contributed by atoms with Crippen LogP contribution in [0.4, 0.5) is 0 Å². The summed E-state index contributed by atoms with van der Waals surface area (Å²) >= 11 is 0. The topological polar surface area (TPSA) is 26.3 Å². The molecule has 0 amide bonds. The van der Waals surface area contributed by atoms with E-state index in [9.17, 15) is 4.79 Å². The first-order valence-corrected chi connectivity index (χ1v) is 9.58. The molecule has 1 aliphatic heterocycles. The van der Waals surface area contributed by atoms with Gasteiger partial charge in [0.15, 0.2) is 0 Å². The van der Waals surface area contributed by atoms with Crippen LogP contribution >= 0.6 is 0 Å². The molecule has 1 aromatic rings. The fourth-order valence-electron chi connectivity index (χ4n) is 4.23. The molecule has 1 heterocycles. The molecule has 1 aromatic carbocycles. The second-order valence-corrected chi connectivity index (χ2v) is 10.4. The first-order chi connectivity index (χ1) is 11.8. The van der Waals surface area contributed by atoms with E-state index < -0.39 is 0 Å². The summed E-state index contributed by atoms with van der Waals surface area (Å²) in [6.45, 7) is 17.5. The molecular weight excluding hydrogens is 320 g/mol. The van der Waals surface area contributed by atoms with Crippen molar-refractivity contribution in [2.75, 3.05) is 0 Å². The molecule has 2 aliphatic rings. The molecule has 0 bridgehead atoms. The highest BCUT2D eigenvalue weighted by atomic mass is 16.5. The van der Waals surface area contributed by atoms with E-state index in [1.54, 1.807) is 0 Å². The van der Waals surface area contributed by atoms with Gasteiger partial charge in [0.05, 0.1) is 5.92 Å². The summed E-state index contributed by atoms with van der Waals surface area (Å²) in [4.78, 5) is 13.0. The Kier molecular flexibility index (Phi) is 4.25. The zero-order chi connectivity index (χ0) is 19.5. The van der Waals surface area contributed by atoms with Gasteiger partial charge in [0.25, 0.3) is 0 Å². The molecule has 0 fully saturated rings. The predicted molar refractivity (Wildman–Crippen MR) is 108 cm³/mol. The van der Waals surface area contributed by atoms with E-state index in [1.807, 2.05) is 0 Å². The Bertz CT molecular complexity index is 812. The van der Waals surface area contributed by atoms with Crippen molar-refractivity contribution < 1.29 is 9.53 Å². The van der Waals surface area contributed by atoms with Gasteiger partial charge < -0.3 is 4.74 Å². The van der Waals surface area contributed by atoms with Crippen LogP contribution in [-0.4, -0.2) is 5.97 Å². The monoisotopic (exact) mass is 352 g/mol. The summed E-state index contributed by atoms with van der Waals surface area (Å²) in [6, 6.07) is 4.45. The predicted octanol–water partition coefficient (Wildman–Crippen LogP) is 6.20. The van der Waals surface area contributed by atoms with Crippen LogP contribution in [0.5, 0.6) is 5.75 Å². The summed E-state index contributed by atoms with van der Waals surface area (Å²) in [6.07, 6.45) is 7.28. The van der Waals surface area contributed by atoms with Crippen molar-refractivity contribution >= 4 is 5.97 Å². The third-order valence-electron chi connectivity index (χ3n) is 5.72. The molecule has 2 heteroatoms. The van der Waals surface area contributed by atoms with Crippen molar-refractivity contribution in [1.82, 2.24) is 0 Å². The van der Waals surface area contributed by atoms with Crippen molar-refractivity contribution in [3.8, 4) is 5.75 Å². The van der Waals surface area contributed by atoms with E-state index in [-0.39, 0.29) is 28.1 Å². The average Bonchev–Trinajstić information content (AvgIpc) is 2.80. The molecule has 2 unspecified atom stereocenters. The summed E-state index contributed by atoms with van der Waals surface area (Å²) in [5.74, 6) is 0.432. The number of benzene rings is 1. The molecule has 26 heavy (non-hydrogen) atoms. The molecule has 0 aromatic heterocycles. The number of esters is 1. The molecule has 140 valence electrons. The van der Waals surface area contributed by atoms with Gasteiger partial charge in [-0.15, -0.1) is 0 Å². The Labute approximate surface area is 158 Å². The minimum Gasteiger partial charge on any atom is -0.425 e. The van der Waals surface area contributed by atoms with Gasteiger partial charge in [0, 0.05) is 16.5 Å². The summed E-state index contributed by atoms with van der Waals surface area (Å²) < 4.78 is 5.91. The van der Waals surface area contributed by atoms with Gasteiger partial charge in [-0.3, -0.25) is 4.79 Å². The van der Waals surface area contributed by atoms with Crippen LogP contribution in [0.25, 0.3) is 0 Å². The zero-order valence-electron chi connectivity index (χ0n) is 17.5. The lowest BCUT2D eigenvalue weighted by atomic mass is 9.67. The standard InChI is InChI=1S/C24H32O2/c1-15-10-9-11-24(8,14-15)19-17-12-16(22(2,3)4)13-18(23(5,6)7)20(17)26-21(19)25/h9-13,19H,14H2,1-8H3. The zero-order valence-corrected chi connectivity index (χ0v) is 17.5. The highest BCUT2D eigenvalue weighted by molar-refractivity contribution is 5.88. The third-order valence-corrected chi connectivity index (χ3v) is 5.72. The molecule has 0 N–H and O–H groups in total. The van der Waals surface area contributed by atoms with Crippen molar-refractivity contribution in [3.05, 3.63) is 52.6 Å². The Morgan fingerprint density at radius 2 is 1.73 bits per heavy atom. The normalized spacial score (nSPS) is 25.8. The van der Waals surface area contributed by atoms with Crippen molar-refractivity contribution in [3.63, 3.8) is 0 Å². The highest BCUT2D eigenvalue weighted by Gasteiger charge is 2.47. The van der Waals surface area contributed by atoms with Gasteiger partial charge in [-0.05, 0) is 29.7 Å². The van der Waals surface area contributed by atoms with Gasteiger partial charge in [-0.2, -0.15) is 0 Å². The molecular formula is C24H32O2. The summed E-state index contributed by atoms with van der Waals surface area (Å²) in [5, 5.41) is 0. The van der Waals surface area contributed by atoms with Crippen LogP contribution in [0, 0.1) is 5.41 Å². The fraction of sp³-hybridized carbons (Fsp3) is 0.542. The molecule has 0 saturated heterocycles. The van der Waals surface area contributed by atoms with Crippen molar-refractivity contribution in [2.45, 2.75) is 78.6 Å². The lowest BCUT2D eigenvalue weighted by Gasteiger charge is -2.34.